The number of benzene rings is 2. The lowest BCUT2D eigenvalue weighted by molar-refractivity contribution is 0.0954. The van der Waals surface area contributed by atoms with E-state index >= 15 is 0 Å². The maximum absolute atomic E-state index is 12.5. The van der Waals surface area contributed by atoms with Gasteiger partial charge in [-0.2, -0.15) is 5.10 Å². The molecule has 2 rings (SSSR count). The zero-order chi connectivity index (χ0) is 19.6. The summed E-state index contributed by atoms with van der Waals surface area (Å²) in [5.74, 6) is 1.08. The first-order chi connectivity index (χ1) is 13.1. The van der Waals surface area contributed by atoms with Crippen LogP contribution in [0, 0.1) is 3.57 Å². The first kappa shape index (κ1) is 21.0. The second-order valence-corrected chi connectivity index (χ2v) is 6.48. The number of ether oxygens (including phenoxy) is 3. The van der Waals surface area contributed by atoms with E-state index in [1.807, 2.05) is 45.0 Å². The summed E-state index contributed by atoms with van der Waals surface area (Å²) < 4.78 is 18.0. The van der Waals surface area contributed by atoms with Crippen molar-refractivity contribution in [2.45, 2.75) is 20.8 Å². The van der Waals surface area contributed by atoms with Gasteiger partial charge < -0.3 is 14.2 Å². The van der Waals surface area contributed by atoms with Gasteiger partial charge in [0, 0.05) is 14.7 Å². The Bertz CT molecular complexity index is 781. The number of nitrogens with zero attached hydrogens (tertiary/aromatic N) is 1. The highest BCUT2D eigenvalue weighted by molar-refractivity contribution is 14.1. The maximum Gasteiger partial charge on any atom is 0.271 e. The third-order valence-corrected chi connectivity index (χ3v) is 4.43. The third-order valence-electron chi connectivity index (χ3n) is 3.45. The molecule has 0 spiro atoms. The van der Waals surface area contributed by atoms with Gasteiger partial charge in [0.2, 0.25) is 5.75 Å². The molecule has 0 bridgehead atoms. The predicted octanol–water partition coefficient (Wildman–Crippen LogP) is 4.25. The van der Waals surface area contributed by atoms with Crippen molar-refractivity contribution in [2.24, 2.45) is 5.10 Å². The van der Waals surface area contributed by atoms with E-state index in [-0.39, 0.29) is 5.91 Å². The molecule has 0 fully saturated rings. The second-order valence-electron chi connectivity index (χ2n) is 5.32. The molecule has 0 saturated carbocycles. The van der Waals surface area contributed by atoms with Gasteiger partial charge in [0.05, 0.1) is 26.0 Å². The summed E-state index contributed by atoms with van der Waals surface area (Å²) in [5, 5.41) is 4.05. The van der Waals surface area contributed by atoms with Crippen LogP contribution in [0.15, 0.2) is 41.5 Å². The van der Waals surface area contributed by atoms with Gasteiger partial charge in [0.25, 0.3) is 5.91 Å². The molecule has 1 amide bonds. The van der Waals surface area contributed by atoms with E-state index in [2.05, 4.69) is 33.1 Å². The Morgan fingerprint density at radius 2 is 1.63 bits per heavy atom. The van der Waals surface area contributed by atoms with Crippen molar-refractivity contribution in [2.75, 3.05) is 19.8 Å². The fourth-order valence-electron chi connectivity index (χ4n) is 2.32. The second kappa shape index (κ2) is 10.8. The van der Waals surface area contributed by atoms with Crippen LogP contribution in [0.5, 0.6) is 17.2 Å². The van der Waals surface area contributed by atoms with Crippen molar-refractivity contribution in [3.05, 3.63) is 51.1 Å². The van der Waals surface area contributed by atoms with Crippen LogP contribution in [-0.2, 0) is 0 Å². The number of hydrazone groups is 1. The van der Waals surface area contributed by atoms with Crippen LogP contribution >= 0.6 is 22.6 Å². The van der Waals surface area contributed by atoms with Crippen molar-refractivity contribution in [1.82, 2.24) is 5.43 Å². The van der Waals surface area contributed by atoms with Gasteiger partial charge in [0.15, 0.2) is 11.5 Å². The fourth-order valence-corrected chi connectivity index (χ4v) is 2.85. The number of nitrogens with one attached hydrogen (secondary N) is 1. The van der Waals surface area contributed by atoms with Gasteiger partial charge in [-0.05, 0) is 61.6 Å². The van der Waals surface area contributed by atoms with Crippen molar-refractivity contribution < 1.29 is 19.0 Å². The highest BCUT2D eigenvalue weighted by atomic mass is 127. The van der Waals surface area contributed by atoms with E-state index in [4.69, 9.17) is 14.2 Å². The highest BCUT2D eigenvalue weighted by Gasteiger charge is 2.18. The number of amides is 1. The molecule has 27 heavy (non-hydrogen) atoms. The van der Waals surface area contributed by atoms with Gasteiger partial charge in [-0.3, -0.25) is 4.79 Å². The van der Waals surface area contributed by atoms with Crippen LogP contribution in [0.2, 0.25) is 0 Å². The van der Waals surface area contributed by atoms with E-state index in [1.165, 1.54) is 0 Å². The molecule has 1 N–H and O–H groups in total. The third kappa shape index (κ3) is 5.85. The molecule has 7 heteroatoms. The molecule has 144 valence electrons. The van der Waals surface area contributed by atoms with Gasteiger partial charge in [-0.1, -0.05) is 18.2 Å². The van der Waals surface area contributed by atoms with E-state index in [1.54, 1.807) is 18.3 Å². The fraction of sp³-hybridized carbons (Fsp3) is 0.300. The summed E-state index contributed by atoms with van der Waals surface area (Å²) in [5.41, 5.74) is 3.85. The van der Waals surface area contributed by atoms with E-state index in [9.17, 15) is 4.79 Å². The van der Waals surface area contributed by atoms with Gasteiger partial charge >= 0.3 is 0 Å². The molecule has 2 aromatic carbocycles. The predicted molar refractivity (Wildman–Crippen MR) is 114 cm³/mol. The maximum atomic E-state index is 12.5. The van der Waals surface area contributed by atoms with Crippen LogP contribution in [-0.4, -0.2) is 31.9 Å². The Kier molecular flexibility index (Phi) is 8.38. The molecular formula is C20H23IN2O4. The molecule has 0 atom stereocenters. The van der Waals surface area contributed by atoms with E-state index < -0.39 is 0 Å². The van der Waals surface area contributed by atoms with Crippen LogP contribution in [0.1, 0.15) is 36.7 Å². The standard InChI is InChI=1S/C20H23IN2O4/c1-4-25-17-11-15(12-18(26-5-2)19(17)27-6-3)20(24)23-22-13-14-9-7-8-10-16(14)21/h7-13H,4-6H2,1-3H3,(H,23,24)/b22-13+. The quantitative estimate of drug-likeness (QED) is 0.330. The summed E-state index contributed by atoms with van der Waals surface area (Å²) in [7, 11) is 0. The van der Waals surface area contributed by atoms with E-state index in [0.717, 1.165) is 9.13 Å². The minimum atomic E-state index is -0.359. The lowest BCUT2D eigenvalue weighted by Gasteiger charge is -2.16. The number of carbonyl (C=O) groups excluding carboxylic acids is 1. The first-order valence-corrected chi connectivity index (χ1v) is 9.82. The van der Waals surface area contributed by atoms with Crippen LogP contribution in [0.25, 0.3) is 0 Å². The Morgan fingerprint density at radius 1 is 1.04 bits per heavy atom. The summed E-state index contributed by atoms with van der Waals surface area (Å²) >= 11 is 2.22. The Labute approximate surface area is 173 Å². The molecule has 0 unspecified atom stereocenters. The molecule has 6 nitrogen and oxygen atoms in total. The number of carbonyl (C=O) groups is 1. The Balaban J connectivity index is 2.25. The normalized spacial score (nSPS) is 10.7. The topological polar surface area (TPSA) is 69.2 Å². The Hall–Kier alpha value is -2.29. The molecule has 0 aliphatic rings. The van der Waals surface area contributed by atoms with Crippen molar-refractivity contribution in [3.63, 3.8) is 0 Å². The van der Waals surface area contributed by atoms with E-state index in [0.29, 0.717) is 42.6 Å². The summed E-state index contributed by atoms with van der Waals surface area (Å²) in [6, 6.07) is 11.0. The molecule has 0 aromatic heterocycles. The molecule has 0 aliphatic heterocycles. The number of rotatable bonds is 9. The monoisotopic (exact) mass is 482 g/mol. The minimum Gasteiger partial charge on any atom is -0.490 e. The van der Waals surface area contributed by atoms with Gasteiger partial charge in [-0.25, -0.2) is 5.43 Å². The summed E-state index contributed by atoms with van der Waals surface area (Å²) in [6.45, 7) is 6.98. The van der Waals surface area contributed by atoms with Crippen LogP contribution in [0.4, 0.5) is 0 Å². The molecule has 0 heterocycles. The molecule has 0 aliphatic carbocycles. The zero-order valence-corrected chi connectivity index (χ0v) is 17.8. The molecule has 0 saturated heterocycles. The lowest BCUT2D eigenvalue weighted by atomic mass is 10.1. The molecule has 2 aromatic rings. The summed E-state index contributed by atoms with van der Waals surface area (Å²) in [4.78, 5) is 12.5. The SMILES string of the molecule is CCOc1cc(C(=O)N/N=C/c2ccccc2I)cc(OCC)c1OCC. The van der Waals surface area contributed by atoms with Crippen molar-refractivity contribution >= 4 is 34.7 Å². The smallest absolute Gasteiger partial charge is 0.271 e. The molecular weight excluding hydrogens is 459 g/mol. The lowest BCUT2D eigenvalue weighted by Crippen LogP contribution is -2.18. The average molecular weight is 482 g/mol. The summed E-state index contributed by atoms with van der Waals surface area (Å²) in [6.07, 6.45) is 1.61. The van der Waals surface area contributed by atoms with Crippen molar-refractivity contribution in [3.8, 4) is 17.2 Å². The highest BCUT2D eigenvalue weighted by Crippen LogP contribution is 2.39. The first-order valence-electron chi connectivity index (χ1n) is 8.75. The number of hydrogen-bond donors (Lipinski definition) is 1. The number of hydrogen-bond acceptors (Lipinski definition) is 5. The van der Waals surface area contributed by atoms with Crippen molar-refractivity contribution in [1.29, 1.82) is 0 Å². The Morgan fingerprint density at radius 3 is 2.19 bits per heavy atom. The minimum absolute atomic E-state index is 0.359. The van der Waals surface area contributed by atoms with Crippen LogP contribution in [0.3, 0.4) is 0 Å². The van der Waals surface area contributed by atoms with Gasteiger partial charge in [-0.15, -0.1) is 0 Å². The molecule has 0 radical (unpaired) electrons. The largest absolute Gasteiger partial charge is 0.490 e. The number of halogens is 1. The van der Waals surface area contributed by atoms with Gasteiger partial charge in [0.1, 0.15) is 0 Å². The van der Waals surface area contributed by atoms with Crippen LogP contribution < -0.4 is 19.6 Å². The zero-order valence-electron chi connectivity index (χ0n) is 15.6. The average Bonchev–Trinajstić information content (AvgIpc) is 2.66.